The molecule has 0 radical (unpaired) electrons. The van der Waals surface area contributed by atoms with Crippen molar-refractivity contribution < 1.29 is 9.90 Å². The highest BCUT2D eigenvalue weighted by Crippen LogP contribution is 1.57. The lowest BCUT2D eigenvalue weighted by atomic mass is 10.9. The third kappa shape index (κ3) is 4.81. The molecular weight excluding hydrogens is 96.0 g/mol. The maximum Gasteiger partial charge on any atom is 0.408 e. The molecule has 7 heavy (non-hydrogen) atoms. The van der Waals surface area contributed by atoms with Crippen molar-refractivity contribution in [2.24, 2.45) is 5.73 Å². The Morgan fingerprint density at radius 2 is 2.43 bits per heavy atom. The number of amides is 1. The van der Waals surface area contributed by atoms with Crippen LogP contribution in [0.2, 0.25) is 0 Å². The standard InChI is InChI=1S/C3H6N2O2/c4-1-2-5-3(6)7/h1-2,5H,4H2,(H,6,7). The van der Waals surface area contributed by atoms with Crippen LogP contribution in [-0.2, 0) is 0 Å². The van der Waals surface area contributed by atoms with Gasteiger partial charge in [0.25, 0.3) is 0 Å². The Morgan fingerprint density at radius 1 is 1.86 bits per heavy atom. The summed E-state index contributed by atoms with van der Waals surface area (Å²) in [5.74, 6) is 0. The number of hydrogen-bond acceptors (Lipinski definition) is 2. The first-order valence-corrected chi connectivity index (χ1v) is 1.63. The van der Waals surface area contributed by atoms with Gasteiger partial charge in [0.2, 0.25) is 0 Å². The highest BCUT2D eigenvalue weighted by atomic mass is 16.4. The second-order valence-corrected chi connectivity index (χ2v) is 0.809. The van der Waals surface area contributed by atoms with E-state index in [9.17, 15) is 4.79 Å². The van der Waals surface area contributed by atoms with E-state index in [1.807, 2.05) is 5.32 Å². The van der Waals surface area contributed by atoms with E-state index in [2.05, 4.69) is 0 Å². The largest absolute Gasteiger partial charge is 0.465 e. The summed E-state index contributed by atoms with van der Waals surface area (Å²) in [5.41, 5.74) is 4.77. The zero-order valence-corrected chi connectivity index (χ0v) is 3.59. The van der Waals surface area contributed by atoms with Crippen LogP contribution in [0.1, 0.15) is 0 Å². The van der Waals surface area contributed by atoms with E-state index in [0.29, 0.717) is 0 Å². The van der Waals surface area contributed by atoms with Crippen LogP contribution in [0.5, 0.6) is 0 Å². The summed E-state index contributed by atoms with van der Waals surface area (Å²) in [6.45, 7) is 0. The van der Waals surface area contributed by atoms with Crippen LogP contribution in [0.15, 0.2) is 12.4 Å². The van der Waals surface area contributed by atoms with Crippen molar-refractivity contribution >= 4 is 6.09 Å². The van der Waals surface area contributed by atoms with Gasteiger partial charge in [-0.15, -0.1) is 0 Å². The minimum absolute atomic E-state index is 1.11. The molecule has 0 heterocycles. The average Bonchev–Trinajstić information content (AvgIpc) is 1.61. The highest BCUT2D eigenvalue weighted by Gasteiger charge is 1.81. The fraction of sp³-hybridized carbons (Fsp3) is 0. The van der Waals surface area contributed by atoms with Crippen LogP contribution < -0.4 is 11.1 Å². The van der Waals surface area contributed by atoms with Gasteiger partial charge in [0.1, 0.15) is 0 Å². The van der Waals surface area contributed by atoms with Gasteiger partial charge in [-0.1, -0.05) is 0 Å². The summed E-state index contributed by atoms with van der Waals surface area (Å²) >= 11 is 0. The highest BCUT2D eigenvalue weighted by molar-refractivity contribution is 5.65. The van der Waals surface area contributed by atoms with Crippen molar-refractivity contribution in [2.75, 3.05) is 0 Å². The molecule has 0 saturated heterocycles. The van der Waals surface area contributed by atoms with E-state index in [1.165, 1.54) is 0 Å². The minimum Gasteiger partial charge on any atom is -0.465 e. The quantitative estimate of drug-likeness (QED) is 0.425. The van der Waals surface area contributed by atoms with E-state index in [4.69, 9.17) is 10.8 Å². The van der Waals surface area contributed by atoms with Gasteiger partial charge in [-0.2, -0.15) is 0 Å². The van der Waals surface area contributed by atoms with Crippen LogP contribution in [0.25, 0.3) is 0 Å². The second-order valence-electron chi connectivity index (χ2n) is 0.809. The topological polar surface area (TPSA) is 75.3 Å². The number of nitrogens with one attached hydrogen (secondary N) is 1. The molecule has 0 aliphatic heterocycles. The molecule has 4 nitrogen and oxygen atoms in total. The Bertz CT molecular complexity index is 88.9. The summed E-state index contributed by atoms with van der Waals surface area (Å²) in [4.78, 5) is 9.54. The number of rotatable bonds is 1. The lowest BCUT2D eigenvalue weighted by Crippen LogP contribution is -2.13. The van der Waals surface area contributed by atoms with Crippen LogP contribution in [0.3, 0.4) is 0 Å². The monoisotopic (exact) mass is 102 g/mol. The van der Waals surface area contributed by atoms with E-state index < -0.39 is 6.09 Å². The number of carbonyl (C=O) groups is 1. The molecule has 0 atom stereocenters. The maximum absolute atomic E-state index is 9.54. The molecule has 40 valence electrons. The van der Waals surface area contributed by atoms with E-state index in [1.54, 1.807) is 0 Å². The lowest BCUT2D eigenvalue weighted by Gasteiger charge is -1.83. The lowest BCUT2D eigenvalue weighted by molar-refractivity contribution is 0.198. The predicted octanol–water partition coefficient (Wildman–Crippen LogP) is -0.316. The third-order valence-electron chi connectivity index (χ3n) is 0.303. The van der Waals surface area contributed by atoms with E-state index in [-0.39, 0.29) is 0 Å². The second kappa shape index (κ2) is 3.02. The summed E-state index contributed by atoms with van der Waals surface area (Å²) in [6, 6.07) is 0. The number of nitrogens with two attached hydrogens (primary N) is 1. The molecule has 0 bridgehead atoms. The molecule has 0 saturated carbocycles. The van der Waals surface area contributed by atoms with Crippen molar-refractivity contribution in [3.8, 4) is 0 Å². The Morgan fingerprint density at radius 3 is 2.57 bits per heavy atom. The predicted molar refractivity (Wildman–Crippen MR) is 24.5 cm³/mol. The van der Waals surface area contributed by atoms with Gasteiger partial charge in [0, 0.05) is 12.4 Å². The van der Waals surface area contributed by atoms with Crippen LogP contribution in [0.4, 0.5) is 4.79 Å². The molecule has 4 heteroatoms. The molecule has 0 unspecified atom stereocenters. The summed E-state index contributed by atoms with van der Waals surface area (Å²) in [6.07, 6.45) is 1.12. The molecule has 0 rings (SSSR count). The van der Waals surface area contributed by atoms with Crippen molar-refractivity contribution in [3.63, 3.8) is 0 Å². The van der Waals surface area contributed by atoms with Crippen LogP contribution >= 0.6 is 0 Å². The molecule has 1 amide bonds. The summed E-state index contributed by atoms with van der Waals surface area (Å²) in [5, 5.41) is 9.73. The number of hydrogen-bond donors (Lipinski definition) is 3. The van der Waals surface area contributed by atoms with E-state index in [0.717, 1.165) is 12.4 Å². The molecule has 0 aromatic heterocycles. The normalized spacial score (nSPS) is 9.14. The molecule has 0 aromatic rings. The molecular formula is C3H6N2O2. The van der Waals surface area contributed by atoms with Gasteiger partial charge < -0.3 is 10.8 Å². The fourth-order valence-corrected chi connectivity index (χ4v) is 0.119. The summed E-state index contributed by atoms with van der Waals surface area (Å²) in [7, 11) is 0. The van der Waals surface area contributed by atoms with Gasteiger partial charge in [0.15, 0.2) is 0 Å². The first kappa shape index (κ1) is 5.81. The zero-order valence-electron chi connectivity index (χ0n) is 3.59. The fourth-order valence-electron chi connectivity index (χ4n) is 0.119. The first-order chi connectivity index (χ1) is 3.27. The third-order valence-corrected chi connectivity index (χ3v) is 0.303. The maximum atomic E-state index is 9.54. The SMILES string of the molecule is NC=CNC(=O)O. The molecule has 0 aliphatic rings. The van der Waals surface area contributed by atoms with Gasteiger partial charge >= 0.3 is 6.09 Å². The Hall–Kier alpha value is -1.19. The van der Waals surface area contributed by atoms with Gasteiger partial charge in [-0.05, 0) is 0 Å². The molecule has 0 fully saturated rings. The van der Waals surface area contributed by atoms with Crippen LogP contribution in [-0.4, -0.2) is 11.2 Å². The van der Waals surface area contributed by atoms with Gasteiger partial charge in [-0.3, -0.25) is 5.32 Å². The summed E-state index contributed by atoms with van der Waals surface area (Å²) < 4.78 is 0. The smallest absolute Gasteiger partial charge is 0.408 e. The van der Waals surface area contributed by atoms with Gasteiger partial charge in [-0.25, -0.2) is 4.79 Å². The first-order valence-electron chi connectivity index (χ1n) is 1.63. The van der Waals surface area contributed by atoms with Crippen molar-refractivity contribution in [2.45, 2.75) is 0 Å². The molecule has 0 spiro atoms. The van der Waals surface area contributed by atoms with Crippen molar-refractivity contribution in [3.05, 3.63) is 12.4 Å². The molecule has 0 aromatic carbocycles. The van der Waals surface area contributed by atoms with Crippen molar-refractivity contribution in [1.29, 1.82) is 0 Å². The number of carboxylic acid groups (broad SMARTS) is 1. The Kier molecular flexibility index (Phi) is 2.50. The Labute approximate surface area is 40.6 Å². The van der Waals surface area contributed by atoms with E-state index >= 15 is 0 Å². The molecule has 0 aliphatic carbocycles. The minimum atomic E-state index is -1.11. The van der Waals surface area contributed by atoms with Gasteiger partial charge in [0.05, 0.1) is 0 Å². The zero-order chi connectivity index (χ0) is 5.70. The molecule has 4 N–H and O–H groups in total. The van der Waals surface area contributed by atoms with Crippen molar-refractivity contribution in [1.82, 2.24) is 5.32 Å². The van der Waals surface area contributed by atoms with Crippen LogP contribution in [0, 0.1) is 0 Å². The Balaban J connectivity index is 3.14. The average molecular weight is 102 g/mol.